The molecule has 0 radical (unpaired) electrons. The van der Waals surface area contributed by atoms with Crippen LogP contribution < -0.4 is 30.7 Å². The highest BCUT2D eigenvalue weighted by Crippen LogP contribution is 2.25. The molecule has 1 fully saturated rings. The lowest BCUT2D eigenvalue weighted by Gasteiger charge is -2.24. The van der Waals surface area contributed by atoms with Gasteiger partial charge in [0.25, 0.3) is 5.91 Å². The van der Waals surface area contributed by atoms with Gasteiger partial charge in [-0.25, -0.2) is 0 Å². The Labute approximate surface area is 236 Å². The van der Waals surface area contributed by atoms with Gasteiger partial charge in [0, 0.05) is 58.4 Å². The molecule has 2 aliphatic heterocycles. The highest BCUT2D eigenvalue weighted by molar-refractivity contribution is 5.99. The first-order valence-corrected chi connectivity index (χ1v) is 14.1. The number of amides is 2. The zero-order chi connectivity index (χ0) is 28.1. The molecule has 40 heavy (non-hydrogen) atoms. The van der Waals surface area contributed by atoms with Gasteiger partial charge in [0.2, 0.25) is 5.91 Å². The molecular formula is C27H45N5O8. The van der Waals surface area contributed by atoms with Gasteiger partial charge in [0.05, 0.1) is 65.0 Å². The van der Waals surface area contributed by atoms with Crippen LogP contribution in [0, 0.1) is 0 Å². The van der Waals surface area contributed by atoms with Crippen LogP contribution in [-0.2, 0) is 23.7 Å². The summed E-state index contributed by atoms with van der Waals surface area (Å²) in [5.74, 6) is 0.356. The Hall–Kier alpha value is -2.52. The number of carbonyl (C=O) groups is 2. The fraction of sp³-hybridized carbons (Fsp3) is 0.704. The second-order valence-electron chi connectivity index (χ2n) is 9.12. The Morgan fingerprint density at radius 2 is 1.18 bits per heavy atom. The van der Waals surface area contributed by atoms with E-state index in [1.165, 1.54) is 0 Å². The first-order chi connectivity index (χ1) is 19.7. The Bertz CT molecular complexity index is 850. The number of benzene rings is 1. The smallest absolute Gasteiger partial charge is 0.255 e. The number of fused-ring (bicyclic) bond motifs is 2. The summed E-state index contributed by atoms with van der Waals surface area (Å²) in [7, 11) is 0. The van der Waals surface area contributed by atoms with Crippen LogP contribution >= 0.6 is 0 Å². The SMILES string of the molecule is O=C(NCC(=O)N1CCNCCNCCNCC1)c1ccc2cc1OCCOCCOCCOCCOCCO2. The van der Waals surface area contributed by atoms with Gasteiger partial charge >= 0.3 is 0 Å². The van der Waals surface area contributed by atoms with E-state index in [1.54, 1.807) is 23.1 Å². The molecule has 1 aromatic carbocycles. The van der Waals surface area contributed by atoms with Crippen molar-refractivity contribution in [3.8, 4) is 11.5 Å². The predicted octanol–water partition coefficient (Wildman–Crippen LogP) is -1.13. The fourth-order valence-electron chi connectivity index (χ4n) is 3.97. The van der Waals surface area contributed by atoms with E-state index in [4.69, 9.17) is 28.4 Å². The van der Waals surface area contributed by atoms with E-state index in [9.17, 15) is 9.59 Å². The molecule has 4 N–H and O–H groups in total. The summed E-state index contributed by atoms with van der Waals surface area (Å²) in [4.78, 5) is 27.8. The average Bonchev–Trinajstić information content (AvgIpc) is 2.95. The summed E-state index contributed by atoms with van der Waals surface area (Å²) >= 11 is 0. The van der Waals surface area contributed by atoms with Gasteiger partial charge < -0.3 is 54.6 Å². The monoisotopic (exact) mass is 567 g/mol. The molecule has 0 aromatic heterocycles. The maximum Gasteiger partial charge on any atom is 0.255 e. The van der Waals surface area contributed by atoms with E-state index in [0.717, 1.165) is 26.2 Å². The standard InChI is InChI=1S/C27H45N5O8/c33-26(32-9-7-29-5-3-28-4-6-30-8-10-32)22-31-27(34)24-2-1-23-21-25(24)40-20-18-38-16-14-36-12-11-35-13-15-37-17-19-39-23/h1-2,21,28-30H,3-20,22H2,(H,31,34). The highest BCUT2D eigenvalue weighted by atomic mass is 16.6. The van der Waals surface area contributed by atoms with E-state index in [1.807, 2.05) is 0 Å². The van der Waals surface area contributed by atoms with Crippen molar-refractivity contribution in [2.45, 2.75) is 0 Å². The van der Waals surface area contributed by atoms with Crippen LogP contribution in [0.1, 0.15) is 10.4 Å². The lowest BCUT2D eigenvalue weighted by molar-refractivity contribution is -0.130. The quantitative estimate of drug-likeness (QED) is 0.353. The molecule has 2 aliphatic rings. The number of nitrogens with zero attached hydrogens (tertiary/aromatic N) is 1. The van der Waals surface area contributed by atoms with Crippen LogP contribution in [0.5, 0.6) is 11.5 Å². The molecule has 13 nitrogen and oxygen atoms in total. The van der Waals surface area contributed by atoms with E-state index in [2.05, 4.69) is 21.3 Å². The van der Waals surface area contributed by atoms with E-state index < -0.39 is 5.91 Å². The van der Waals surface area contributed by atoms with Crippen LogP contribution in [0.4, 0.5) is 0 Å². The molecule has 2 heterocycles. The molecule has 13 heteroatoms. The van der Waals surface area contributed by atoms with Gasteiger partial charge in [-0.3, -0.25) is 9.59 Å². The maximum absolute atomic E-state index is 13.1. The summed E-state index contributed by atoms with van der Waals surface area (Å²) < 4.78 is 33.7. The van der Waals surface area contributed by atoms with E-state index >= 15 is 0 Å². The molecule has 2 bridgehead atoms. The number of ether oxygens (including phenoxy) is 6. The Balaban J connectivity index is 1.55. The van der Waals surface area contributed by atoms with Crippen molar-refractivity contribution in [3.05, 3.63) is 23.8 Å². The summed E-state index contributed by atoms with van der Waals surface area (Å²) in [6, 6.07) is 5.00. The molecule has 3 rings (SSSR count). The fourth-order valence-corrected chi connectivity index (χ4v) is 3.97. The minimum absolute atomic E-state index is 0.109. The molecule has 2 amide bonds. The van der Waals surface area contributed by atoms with E-state index in [0.29, 0.717) is 103 Å². The van der Waals surface area contributed by atoms with Gasteiger partial charge in [-0.1, -0.05) is 0 Å². The Kier molecular flexibility index (Phi) is 16.3. The van der Waals surface area contributed by atoms with E-state index in [-0.39, 0.29) is 19.1 Å². The number of nitrogens with one attached hydrogen (secondary N) is 4. The van der Waals surface area contributed by atoms with Crippen molar-refractivity contribution in [3.63, 3.8) is 0 Å². The number of carbonyl (C=O) groups excluding carboxylic acids is 2. The van der Waals surface area contributed by atoms with Crippen molar-refractivity contribution in [1.82, 2.24) is 26.2 Å². The normalized spacial score (nSPS) is 20.1. The van der Waals surface area contributed by atoms with Crippen molar-refractivity contribution >= 4 is 11.8 Å². The summed E-state index contributed by atoms with van der Waals surface area (Å²) in [5.41, 5.74) is 0.312. The lowest BCUT2D eigenvalue weighted by atomic mass is 10.1. The van der Waals surface area contributed by atoms with Crippen molar-refractivity contribution in [2.75, 3.05) is 125 Å². The zero-order valence-corrected chi connectivity index (χ0v) is 23.4. The Morgan fingerprint density at radius 3 is 1.75 bits per heavy atom. The molecule has 0 unspecified atom stereocenters. The molecular weight excluding hydrogens is 522 g/mol. The number of hydrogen-bond donors (Lipinski definition) is 4. The average molecular weight is 568 g/mol. The summed E-state index contributed by atoms with van der Waals surface area (Å²) in [6.45, 7) is 9.91. The first kappa shape index (κ1) is 32.0. The van der Waals surface area contributed by atoms with Crippen LogP contribution in [0.25, 0.3) is 0 Å². The van der Waals surface area contributed by atoms with Gasteiger partial charge in [-0.2, -0.15) is 0 Å². The number of hydrogen-bond acceptors (Lipinski definition) is 11. The maximum atomic E-state index is 13.1. The van der Waals surface area contributed by atoms with Gasteiger partial charge in [-0.05, 0) is 12.1 Å². The lowest BCUT2D eigenvalue weighted by Crippen LogP contribution is -2.47. The topological polar surface area (TPSA) is 141 Å². The predicted molar refractivity (Wildman–Crippen MR) is 148 cm³/mol. The van der Waals surface area contributed by atoms with Crippen molar-refractivity contribution < 1.29 is 38.0 Å². The van der Waals surface area contributed by atoms with Gasteiger partial charge in [-0.15, -0.1) is 0 Å². The molecule has 1 saturated heterocycles. The largest absolute Gasteiger partial charge is 0.491 e. The molecule has 0 atom stereocenters. The second-order valence-corrected chi connectivity index (χ2v) is 9.12. The first-order valence-electron chi connectivity index (χ1n) is 14.1. The molecule has 0 spiro atoms. The molecule has 0 saturated carbocycles. The van der Waals surface area contributed by atoms with Gasteiger partial charge in [0.15, 0.2) is 0 Å². The van der Waals surface area contributed by atoms with Crippen molar-refractivity contribution in [2.24, 2.45) is 0 Å². The van der Waals surface area contributed by atoms with Crippen LogP contribution in [0.2, 0.25) is 0 Å². The Morgan fingerprint density at radius 1 is 0.675 bits per heavy atom. The molecule has 0 aliphatic carbocycles. The third-order valence-corrected chi connectivity index (χ3v) is 6.12. The van der Waals surface area contributed by atoms with Crippen LogP contribution in [0.3, 0.4) is 0 Å². The molecule has 1 aromatic rings. The molecule has 226 valence electrons. The minimum Gasteiger partial charge on any atom is -0.491 e. The van der Waals surface area contributed by atoms with Gasteiger partial charge in [0.1, 0.15) is 24.7 Å². The number of rotatable bonds is 3. The van der Waals surface area contributed by atoms with Crippen molar-refractivity contribution in [1.29, 1.82) is 0 Å². The minimum atomic E-state index is -0.400. The van der Waals surface area contributed by atoms with Crippen LogP contribution in [0.15, 0.2) is 18.2 Å². The van der Waals surface area contributed by atoms with Crippen LogP contribution in [-0.4, -0.2) is 142 Å². The zero-order valence-electron chi connectivity index (χ0n) is 23.4. The summed E-state index contributed by atoms with van der Waals surface area (Å²) in [6.07, 6.45) is 0. The second kappa shape index (κ2) is 20.4. The highest BCUT2D eigenvalue weighted by Gasteiger charge is 2.18. The summed E-state index contributed by atoms with van der Waals surface area (Å²) in [5, 5.41) is 12.8. The third-order valence-electron chi connectivity index (χ3n) is 6.12. The third kappa shape index (κ3) is 13.2.